The first-order valence-corrected chi connectivity index (χ1v) is 5.77. The number of aliphatic carboxylic acids is 2. The van der Waals surface area contributed by atoms with Gasteiger partial charge in [0.1, 0.15) is 6.04 Å². The fourth-order valence-corrected chi connectivity index (χ4v) is 2.30. The van der Waals surface area contributed by atoms with Crippen LogP contribution < -0.4 is 0 Å². The molecule has 0 radical (unpaired) electrons. The van der Waals surface area contributed by atoms with Gasteiger partial charge in [0.25, 0.3) is 0 Å². The summed E-state index contributed by atoms with van der Waals surface area (Å²) >= 11 is 0. The monoisotopic (exact) mass is 244 g/mol. The lowest BCUT2D eigenvalue weighted by atomic mass is 10.0. The van der Waals surface area contributed by atoms with Crippen LogP contribution in [0.1, 0.15) is 19.3 Å². The van der Waals surface area contributed by atoms with Gasteiger partial charge in [0, 0.05) is 12.6 Å². The Kier molecular flexibility index (Phi) is 4.89. The molecule has 1 aliphatic rings. The van der Waals surface area contributed by atoms with Crippen LogP contribution in [0.25, 0.3) is 0 Å². The Morgan fingerprint density at radius 3 is 2.59 bits per heavy atom. The zero-order valence-corrected chi connectivity index (χ0v) is 10.3. The molecule has 0 spiro atoms. The molecule has 0 aliphatic carbocycles. The van der Waals surface area contributed by atoms with Gasteiger partial charge in [0.05, 0.1) is 6.42 Å². The minimum Gasteiger partial charge on any atom is -0.481 e. The predicted octanol–water partition coefficient (Wildman–Crippen LogP) is -0.0597. The molecule has 0 aromatic heterocycles. The van der Waals surface area contributed by atoms with E-state index in [9.17, 15) is 9.59 Å². The molecule has 6 nitrogen and oxygen atoms in total. The van der Waals surface area contributed by atoms with Crippen LogP contribution in [0, 0.1) is 0 Å². The highest BCUT2D eigenvalue weighted by atomic mass is 16.4. The molecule has 2 N–H and O–H groups in total. The molecule has 1 heterocycles. The number of hydrogen-bond acceptors (Lipinski definition) is 4. The Bertz CT molecular complexity index is 295. The van der Waals surface area contributed by atoms with E-state index in [2.05, 4.69) is 4.90 Å². The largest absolute Gasteiger partial charge is 0.481 e. The third-order valence-electron chi connectivity index (χ3n) is 3.32. The van der Waals surface area contributed by atoms with Gasteiger partial charge in [0.2, 0.25) is 0 Å². The van der Waals surface area contributed by atoms with Gasteiger partial charge in [-0.25, -0.2) is 0 Å². The lowest BCUT2D eigenvalue weighted by Gasteiger charge is -2.38. The second kappa shape index (κ2) is 5.97. The second-order valence-electron chi connectivity index (χ2n) is 4.68. The standard InChI is InChI=1S/C11H20N2O4/c1-12-5-3-4-8(7-12)13(2)9(11(16)17)6-10(14)15/h8-9H,3-7H2,1-2H3,(H,14,15)(H,16,17). The molecule has 2 atom stereocenters. The van der Waals surface area contributed by atoms with Gasteiger partial charge in [-0.3, -0.25) is 14.5 Å². The fraction of sp³-hybridized carbons (Fsp3) is 0.818. The molecule has 98 valence electrons. The van der Waals surface area contributed by atoms with Crippen LogP contribution in [0.3, 0.4) is 0 Å². The first-order valence-electron chi connectivity index (χ1n) is 5.77. The highest BCUT2D eigenvalue weighted by Gasteiger charge is 2.32. The first kappa shape index (κ1) is 13.9. The summed E-state index contributed by atoms with van der Waals surface area (Å²) in [6.45, 7) is 1.81. The zero-order valence-electron chi connectivity index (χ0n) is 10.3. The Balaban J connectivity index is 2.66. The summed E-state index contributed by atoms with van der Waals surface area (Å²) in [5, 5.41) is 17.8. The number of piperidine rings is 1. The van der Waals surface area contributed by atoms with E-state index in [1.54, 1.807) is 11.9 Å². The van der Waals surface area contributed by atoms with E-state index >= 15 is 0 Å². The molecule has 2 unspecified atom stereocenters. The van der Waals surface area contributed by atoms with E-state index in [1.165, 1.54) is 0 Å². The maximum atomic E-state index is 11.1. The molecule has 1 fully saturated rings. The van der Waals surface area contributed by atoms with E-state index < -0.39 is 18.0 Å². The number of carbonyl (C=O) groups is 2. The van der Waals surface area contributed by atoms with Crippen LogP contribution in [-0.4, -0.2) is 71.2 Å². The number of carboxylic acid groups (broad SMARTS) is 2. The van der Waals surface area contributed by atoms with E-state index in [4.69, 9.17) is 10.2 Å². The third-order valence-corrected chi connectivity index (χ3v) is 3.32. The van der Waals surface area contributed by atoms with Gasteiger partial charge >= 0.3 is 11.9 Å². The number of hydrogen-bond donors (Lipinski definition) is 2. The quantitative estimate of drug-likeness (QED) is 0.705. The Morgan fingerprint density at radius 1 is 1.47 bits per heavy atom. The molecule has 1 aliphatic heterocycles. The van der Waals surface area contributed by atoms with Crippen molar-refractivity contribution in [1.29, 1.82) is 0 Å². The molecular formula is C11H20N2O4. The molecule has 1 rings (SSSR count). The smallest absolute Gasteiger partial charge is 0.321 e. The van der Waals surface area contributed by atoms with Crippen LogP contribution >= 0.6 is 0 Å². The van der Waals surface area contributed by atoms with Crippen molar-refractivity contribution in [2.24, 2.45) is 0 Å². The Labute approximate surface area is 101 Å². The first-order chi connectivity index (χ1) is 7.91. The van der Waals surface area contributed by atoms with Crippen molar-refractivity contribution in [3.8, 4) is 0 Å². The average Bonchev–Trinajstić information content (AvgIpc) is 2.24. The van der Waals surface area contributed by atoms with Crippen molar-refractivity contribution in [1.82, 2.24) is 9.80 Å². The van der Waals surface area contributed by atoms with Crippen molar-refractivity contribution in [3.05, 3.63) is 0 Å². The SMILES string of the molecule is CN1CCCC(N(C)C(CC(=O)O)C(=O)O)C1. The Hall–Kier alpha value is -1.14. The molecule has 17 heavy (non-hydrogen) atoms. The molecule has 0 aromatic carbocycles. The third kappa shape index (κ3) is 3.98. The van der Waals surface area contributed by atoms with Gasteiger partial charge in [-0.05, 0) is 33.5 Å². The summed E-state index contributed by atoms with van der Waals surface area (Å²) < 4.78 is 0. The van der Waals surface area contributed by atoms with Crippen molar-refractivity contribution < 1.29 is 19.8 Å². The van der Waals surface area contributed by atoms with Gasteiger partial charge in [-0.2, -0.15) is 0 Å². The van der Waals surface area contributed by atoms with Gasteiger partial charge in [-0.15, -0.1) is 0 Å². The van der Waals surface area contributed by atoms with Crippen LogP contribution in [0.15, 0.2) is 0 Å². The molecule has 6 heteroatoms. The maximum absolute atomic E-state index is 11.1. The Morgan fingerprint density at radius 2 is 2.12 bits per heavy atom. The highest BCUT2D eigenvalue weighted by Crippen LogP contribution is 2.17. The summed E-state index contributed by atoms with van der Waals surface area (Å²) in [5.41, 5.74) is 0. The summed E-state index contributed by atoms with van der Waals surface area (Å²) in [7, 11) is 3.69. The molecular weight excluding hydrogens is 224 g/mol. The number of nitrogens with zero attached hydrogens (tertiary/aromatic N) is 2. The van der Waals surface area contributed by atoms with E-state index in [1.807, 2.05) is 7.05 Å². The summed E-state index contributed by atoms with van der Waals surface area (Å²) in [5.74, 6) is -2.14. The van der Waals surface area contributed by atoms with Gasteiger partial charge in [0.15, 0.2) is 0 Å². The number of rotatable bonds is 5. The lowest BCUT2D eigenvalue weighted by molar-refractivity contribution is -0.150. The van der Waals surface area contributed by atoms with Crippen LogP contribution in [0.2, 0.25) is 0 Å². The van der Waals surface area contributed by atoms with E-state index in [-0.39, 0.29) is 12.5 Å². The van der Waals surface area contributed by atoms with Crippen molar-refractivity contribution in [2.75, 3.05) is 27.2 Å². The van der Waals surface area contributed by atoms with E-state index in [0.717, 1.165) is 25.9 Å². The summed E-state index contributed by atoms with van der Waals surface area (Å²) in [6, 6.07) is -0.821. The highest BCUT2D eigenvalue weighted by molar-refractivity contribution is 5.80. The van der Waals surface area contributed by atoms with Crippen molar-refractivity contribution >= 4 is 11.9 Å². The normalized spacial score (nSPS) is 23.6. The van der Waals surface area contributed by atoms with Crippen LogP contribution in [0.5, 0.6) is 0 Å². The number of likely N-dealkylation sites (tertiary alicyclic amines) is 1. The molecule has 0 saturated carbocycles. The zero-order chi connectivity index (χ0) is 13.0. The average molecular weight is 244 g/mol. The second-order valence-corrected chi connectivity index (χ2v) is 4.68. The molecule has 0 amide bonds. The number of likely N-dealkylation sites (N-methyl/N-ethyl adjacent to an activating group) is 2. The predicted molar refractivity (Wildman–Crippen MR) is 62.0 cm³/mol. The topological polar surface area (TPSA) is 81.1 Å². The molecule has 0 bridgehead atoms. The fourth-order valence-electron chi connectivity index (χ4n) is 2.30. The minimum absolute atomic E-state index is 0.120. The number of carboxylic acids is 2. The van der Waals surface area contributed by atoms with E-state index in [0.29, 0.717) is 0 Å². The lowest BCUT2D eigenvalue weighted by Crippen LogP contribution is -2.51. The summed E-state index contributed by atoms with van der Waals surface area (Å²) in [4.78, 5) is 25.6. The van der Waals surface area contributed by atoms with Crippen molar-refractivity contribution in [2.45, 2.75) is 31.3 Å². The van der Waals surface area contributed by atoms with Gasteiger partial charge in [-0.1, -0.05) is 0 Å². The van der Waals surface area contributed by atoms with Gasteiger partial charge < -0.3 is 15.1 Å². The minimum atomic E-state index is -1.08. The van der Waals surface area contributed by atoms with Crippen LogP contribution in [-0.2, 0) is 9.59 Å². The van der Waals surface area contributed by atoms with Crippen LogP contribution in [0.4, 0.5) is 0 Å². The molecule has 1 saturated heterocycles. The molecule has 0 aromatic rings. The van der Waals surface area contributed by atoms with Crippen molar-refractivity contribution in [3.63, 3.8) is 0 Å². The summed E-state index contributed by atoms with van der Waals surface area (Å²) in [6.07, 6.45) is 1.58. The maximum Gasteiger partial charge on any atom is 0.321 e.